The Bertz CT molecular complexity index is 606. The van der Waals surface area contributed by atoms with Crippen molar-refractivity contribution >= 4 is 5.91 Å². The Balaban J connectivity index is 3.75. The zero-order chi connectivity index (χ0) is 30.2. The van der Waals surface area contributed by atoms with E-state index in [4.69, 9.17) is 0 Å². The van der Waals surface area contributed by atoms with Crippen LogP contribution in [0, 0.1) is 0 Å². The van der Waals surface area contributed by atoms with Crippen molar-refractivity contribution in [2.24, 2.45) is 0 Å². The summed E-state index contributed by atoms with van der Waals surface area (Å²) in [6.45, 7) is 4.11. The molecule has 5 nitrogen and oxygen atoms in total. The summed E-state index contributed by atoms with van der Waals surface area (Å²) in [5.74, 6) is -0.516. The topological polar surface area (TPSA) is 89.8 Å². The van der Waals surface area contributed by atoms with Crippen LogP contribution in [0.15, 0.2) is 24.3 Å². The Morgan fingerprint density at radius 3 is 1.49 bits per heavy atom. The van der Waals surface area contributed by atoms with Gasteiger partial charge in [0.1, 0.15) is 6.10 Å². The lowest BCUT2D eigenvalue weighted by molar-refractivity contribution is -0.131. The van der Waals surface area contributed by atoms with Crippen molar-refractivity contribution in [1.82, 2.24) is 5.32 Å². The molecule has 0 spiro atoms. The first kappa shape index (κ1) is 39.8. The molecule has 0 aromatic carbocycles. The predicted octanol–water partition coefficient (Wildman–Crippen LogP) is 9.09. The van der Waals surface area contributed by atoms with Crippen LogP contribution in [-0.4, -0.2) is 46.1 Å². The Kier molecular flexibility index (Phi) is 30.9. The third-order valence-electron chi connectivity index (χ3n) is 8.04. The SMILES string of the molecule is CCCC/C=C\CCCCCCC(O)C(=O)NC(CO)C(O)/C=C/CCCCCCCCCCCCCCCCC. The number of allylic oxidation sites excluding steroid dienone is 3. The molecule has 242 valence electrons. The second-order valence-electron chi connectivity index (χ2n) is 12.1. The number of amides is 1. The molecule has 0 saturated heterocycles. The highest BCUT2D eigenvalue weighted by Crippen LogP contribution is 2.14. The average molecular weight is 580 g/mol. The molecule has 1 amide bonds. The van der Waals surface area contributed by atoms with Gasteiger partial charge in [0.2, 0.25) is 5.91 Å². The Morgan fingerprint density at radius 1 is 0.585 bits per heavy atom. The molecule has 0 aliphatic heterocycles. The molecule has 0 fully saturated rings. The van der Waals surface area contributed by atoms with Gasteiger partial charge in [-0.1, -0.05) is 160 Å². The number of aliphatic hydroxyl groups excluding tert-OH is 3. The number of rotatable bonds is 31. The van der Waals surface area contributed by atoms with E-state index in [1.165, 1.54) is 103 Å². The van der Waals surface area contributed by atoms with Crippen LogP contribution in [0.2, 0.25) is 0 Å². The first-order valence-corrected chi connectivity index (χ1v) is 17.7. The van der Waals surface area contributed by atoms with E-state index in [0.717, 1.165) is 51.4 Å². The number of carbonyl (C=O) groups excluding carboxylic acids is 1. The van der Waals surface area contributed by atoms with Crippen molar-refractivity contribution in [1.29, 1.82) is 0 Å². The molecular formula is C36H69NO4. The largest absolute Gasteiger partial charge is 0.394 e. The summed E-state index contributed by atoms with van der Waals surface area (Å²) in [6.07, 6.45) is 36.2. The van der Waals surface area contributed by atoms with Gasteiger partial charge in [-0.25, -0.2) is 0 Å². The fraction of sp³-hybridized carbons (Fsp3) is 0.861. The molecule has 0 bridgehead atoms. The Labute approximate surface area is 254 Å². The molecule has 0 saturated carbocycles. The lowest BCUT2D eigenvalue weighted by Gasteiger charge is -2.21. The second-order valence-corrected chi connectivity index (χ2v) is 12.1. The van der Waals surface area contributed by atoms with Gasteiger partial charge in [0.15, 0.2) is 0 Å². The first-order valence-electron chi connectivity index (χ1n) is 17.7. The van der Waals surface area contributed by atoms with E-state index in [1.54, 1.807) is 6.08 Å². The van der Waals surface area contributed by atoms with Crippen molar-refractivity contribution in [2.75, 3.05) is 6.61 Å². The maximum absolute atomic E-state index is 12.3. The van der Waals surface area contributed by atoms with Crippen molar-refractivity contribution < 1.29 is 20.1 Å². The number of hydrogen-bond donors (Lipinski definition) is 4. The number of aliphatic hydroxyl groups is 3. The van der Waals surface area contributed by atoms with Crippen LogP contribution >= 0.6 is 0 Å². The van der Waals surface area contributed by atoms with Gasteiger partial charge >= 0.3 is 0 Å². The van der Waals surface area contributed by atoms with Gasteiger partial charge in [-0.2, -0.15) is 0 Å². The van der Waals surface area contributed by atoms with Crippen LogP contribution in [0.4, 0.5) is 0 Å². The average Bonchev–Trinajstić information content (AvgIpc) is 2.98. The van der Waals surface area contributed by atoms with Gasteiger partial charge in [-0.05, 0) is 38.5 Å². The summed E-state index contributed by atoms with van der Waals surface area (Å²) in [6, 6.07) is -0.797. The highest BCUT2D eigenvalue weighted by Gasteiger charge is 2.22. The van der Waals surface area contributed by atoms with Crippen molar-refractivity contribution in [3.05, 3.63) is 24.3 Å². The van der Waals surface area contributed by atoms with Gasteiger partial charge in [-0.15, -0.1) is 0 Å². The standard InChI is InChI=1S/C36H69NO4/c1-3-5-7-9-11-13-15-16-17-18-19-20-21-23-24-26-28-30-34(39)33(32-38)37-36(41)35(40)31-29-27-25-22-14-12-10-8-6-4-2/h10,12,28,30,33-35,38-40H,3-9,11,13-27,29,31-32H2,1-2H3,(H,37,41)/b12-10-,30-28+. The van der Waals surface area contributed by atoms with Crippen LogP contribution in [0.5, 0.6) is 0 Å². The minimum absolute atomic E-state index is 0.366. The zero-order valence-corrected chi connectivity index (χ0v) is 27.2. The minimum atomic E-state index is -1.10. The molecule has 4 N–H and O–H groups in total. The maximum Gasteiger partial charge on any atom is 0.249 e. The molecule has 0 aromatic rings. The van der Waals surface area contributed by atoms with Crippen LogP contribution in [0.25, 0.3) is 0 Å². The van der Waals surface area contributed by atoms with E-state index >= 15 is 0 Å². The molecule has 0 aliphatic carbocycles. The van der Waals surface area contributed by atoms with E-state index in [-0.39, 0.29) is 6.61 Å². The van der Waals surface area contributed by atoms with Gasteiger partial charge in [-0.3, -0.25) is 4.79 Å². The van der Waals surface area contributed by atoms with E-state index in [2.05, 4.69) is 31.3 Å². The summed E-state index contributed by atoms with van der Waals surface area (Å²) in [5, 5.41) is 32.8. The van der Waals surface area contributed by atoms with E-state index < -0.39 is 24.2 Å². The molecule has 41 heavy (non-hydrogen) atoms. The lowest BCUT2D eigenvalue weighted by Crippen LogP contribution is -2.48. The fourth-order valence-electron chi connectivity index (χ4n) is 5.16. The zero-order valence-electron chi connectivity index (χ0n) is 27.2. The van der Waals surface area contributed by atoms with Crippen molar-refractivity contribution in [3.63, 3.8) is 0 Å². The van der Waals surface area contributed by atoms with E-state index in [0.29, 0.717) is 6.42 Å². The highest BCUT2D eigenvalue weighted by molar-refractivity contribution is 5.80. The highest BCUT2D eigenvalue weighted by atomic mass is 16.3. The molecule has 0 radical (unpaired) electrons. The van der Waals surface area contributed by atoms with Gasteiger partial charge in [0.05, 0.1) is 18.8 Å². The van der Waals surface area contributed by atoms with Gasteiger partial charge in [0.25, 0.3) is 0 Å². The van der Waals surface area contributed by atoms with Crippen LogP contribution < -0.4 is 5.32 Å². The molecule has 5 heteroatoms. The normalized spacial score (nSPS) is 14.2. The molecule has 3 atom stereocenters. The number of hydrogen-bond acceptors (Lipinski definition) is 4. The monoisotopic (exact) mass is 580 g/mol. The summed E-state index contributed by atoms with van der Waals surface area (Å²) in [5.41, 5.74) is 0. The number of carbonyl (C=O) groups is 1. The Morgan fingerprint density at radius 2 is 1.00 bits per heavy atom. The molecule has 0 aromatic heterocycles. The predicted molar refractivity (Wildman–Crippen MR) is 176 cm³/mol. The smallest absolute Gasteiger partial charge is 0.249 e. The maximum atomic E-state index is 12.3. The summed E-state index contributed by atoms with van der Waals surface area (Å²) >= 11 is 0. The third kappa shape index (κ3) is 27.4. The molecule has 0 aliphatic rings. The minimum Gasteiger partial charge on any atom is -0.394 e. The van der Waals surface area contributed by atoms with Gasteiger partial charge in [0, 0.05) is 0 Å². The summed E-state index contributed by atoms with van der Waals surface area (Å²) in [4.78, 5) is 12.3. The molecule has 0 heterocycles. The number of nitrogens with one attached hydrogen (secondary N) is 1. The summed E-state index contributed by atoms with van der Waals surface area (Å²) in [7, 11) is 0. The fourth-order valence-corrected chi connectivity index (χ4v) is 5.16. The molecule has 3 unspecified atom stereocenters. The quantitative estimate of drug-likeness (QED) is 0.0487. The first-order chi connectivity index (χ1) is 20.1. The number of unbranched alkanes of at least 4 members (excludes halogenated alkanes) is 21. The van der Waals surface area contributed by atoms with E-state index in [9.17, 15) is 20.1 Å². The van der Waals surface area contributed by atoms with Crippen LogP contribution in [-0.2, 0) is 4.79 Å². The lowest BCUT2D eigenvalue weighted by atomic mass is 10.0. The van der Waals surface area contributed by atoms with Crippen LogP contribution in [0.3, 0.4) is 0 Å². The summed E-state index contributed by atoms with van der Waals surface area (Å²) < 4.78 is 0. The van der Waals surface area contributed by atoms with Crippen molar-refractivity contribution in [3.8, 4) is 0 Å². The van der Waals surface area contributed by atoms with Crippen LogP contribution in [0.1, 0.15) is 174 Å². The Hall–Kier alpha value is -1.17. The van der Waals surface area contributed by atoms with Gasteiger partial charge < -0.3 is 20.6 Å². The molecule has 0 rings (SSSR count). The second kappa shape index (κ2) is 31.8. The van der Waals surface area contributed by atoms with Crippen molar-refractivity contribution in [2.45, 2.75) is 193 Å². The van der Waals surface area contributed by atoms with E-state index in [1.807, 2.05) is 6.08 Å². The molecular weight excluding hydrogens is 510 g/mol. The third-order valence-corrected chi connectivity index (χ3v) is 8.04.